The van der Waals surface area contributed by atoms with Crippen LogP contribution in [0.5, 0.6) is 11.5 Å². The number of carbonyl (C=O) groups excluding carboxylic acids is 2. The lowest BCUT2D eigenvalue weighted by Crippen LogP contribution is -2.49. The van der Waals surface area contributed by atoms with Crippen LogP contribution in [0.1, 0.15) is 23.7 Å². The second-order valence-corrected chi connectivity index (χ2v) is 5.84. The first-order valence-electron chi connectivity index (χ1n) is 8.39. The Hall–Kier alpha value is -3.13. The van der Waals surface area contributed by atoms with Crippen LogP contribution >= 0.6 is 12.2 Å². The van der Waals surface area contributed by atoms with Crippen LogP contribution in [-0.4, -0.2) is 30.1 Å². The molecule has 142 valence electrons. The molecule has 0 saturated heterocycles. The molecule has 7 nitrogen and oxygen atoms in total. The number of nitrogens with one attached hydrogen (secondary N) is 3. The molecule has 0 aliphatic heterocycles. The van der Waals surface area contributed by atoms with E-state index >= 15 is 0 Å². The van der Waals surface area contributed by atoms with E-state index in [1.54, 1.807) is 48.5 Å². The van der Waals surface area contributed by atoms with Crippen LogP contribution in [0.25, 0.3) is 0 Å². The van der Waals surface area contributed by atoms with Crippen LogP contribution in [0.2, 0.25) is 0 Å². The summed E-state index contributed by atoms with van der Waals surface area (Å²) in [6.07, 6.45) is 0.907. The Morgan fingerprint density at radius 2 is 1.59 bits per heavy atom. The van der Waals surface area contributed by atoms with Crippen LogP contribution < -0.4 is 25.6 Å². The van der Waals surface area contributed by atoms with E-state index in [4.69, 9.17) is 21.7 Å². The largest absolute Gasteiger partial charge is 0.494 e. The molecular formula is C19H21N3O4S. The van der Waals surface area contributed by atoms with Gasteiger partial charge in [-0.3, -0.25) is 25.8 Å². The van der Waals surface area contributed by atoms with E-state index in [1.165, 1.54) is 0 Å². The molecule has 0 radical (unpaired) electrons. The van der Waals surface area contributed by atoms with Crippen molar-refractivity contribution in [3.63, 3.8) is 0 Å². The van der Waals surface area contributed by atoms with Crippen LogP contribution in [0, 0.1) is 0 Å². The van der Waals surface area contributed by atoms with Gasteiger partial charge in [0.1, 0.15) is 11.5 Å². The molecule has 27 heavy (non-hydrogen) atoms. The molecule has 0 aromatic heterocycles. The summed E-state index contributed by atoms with van der Waals surface area (Å²) in [5, 5.41) is 2.44. The van der Waals surface area contributed by atoms with Crippen molar-refractivity contribution in [1.29, 1.82) is 0 Å². The van der Waals surface area contributed by atoms with E-state index in [2.05, 4.69) is 16.2 Å². The summed E-state index contributed by atoms with van der Waals surface area (Å²) in [5.41, 5.74) is 5.22. The van der Waals surface area contributed by atoms with Gasteiger partial charge in [-0.15, -0.1) is 0 Å². The smallest absolute Gasteiger partial charge is 0.276 e. The van der Waals surface area contributed by atoms with Crippen molar-refractivity contribution in [3.05, 3.63) is 60.2 Å². The number of hydrogen-bond acceptors (Lipinski definition) is 5. The van der Waals surface area contributed by atoms with Crippen molar-refractivity contribution in [1.82, 2.24) is 16.2 Å². The van der Waals surface area contributed by atoms with Gasteiger partial charge in [0.05, 0.1) is 6.61 Å². The first-order chi connectivity index (χ1) is 13.1. The number of benzene rings is 2. The number of hydrazine groups is 1. The number of hydrogen-bond donors (Lipinski definition) is 3. The topological polar surface area (TPSA) is 88.7 Å². The van der Waals surface area contributed by atoms with Gasteiger partial charge in [-0.2, -0.15) is 0 Å². The Kier molecular flexibility index (Phi) is 8.05. The highest BCUT2D eigenvalue weighted by atomic mass is 32.1. The maximum Gasteiger partial charge on any atom is 0.276 e. The molecule has 0 fully saturated rings. The van der Waals surface area contributed by atoms with Gasteiger partial charge in [-0.1, -0.05) is 25.1 Å². The van der Waals surface area contributed by atoms with Gasteiger partial charge in [0.2, 0.25) is 0 Å². The summed E-state index contributed by atoms with van der Waals surface area (Å²) in [7, 11) is 0. The lowest BCUT2D eigenvalue weighted by atomic mass is 10.2. The van der Waals surface area contributed by atoms with Crippen LogP contribution in [-0.2, 0) is 4.79 Å². The first kappa shape index (κ1) is 20.2. The normalized spacial score (nSPS) is 9.81. The molecular weight excluding hydrogens is 366 g/mol. The zero-order chi connectivity index (χ0) is 19.5. The average Bonchev–Trinajstić information content (AvgIpc) is 2.70. The molecule has 8 heteroatoms. The highest BCUT2D eigenvalue weighted by Gasteiger charge is 2.09. The van der Waals surface area contributed by atoms with Gasteiger partial charge in [-0.25, -0.2) is 0 Å². The maximum absolute atomic E-state index is 12.1. The number of thiocarbonyl (C=S) groups is 1. The fourth-order valence-corrected chi connectivity index (χ4v) is 2.10. The highest BCUT2D eigenvalue weighted by Crippen LogP contribution is 2.12. The minimum atomic E-state index is -0.437. The molecule has 0 unspecified atom stereocenters. The van der Waals surface area contributed by atoms with Crippen LogP contribution in [0.3, 0.4) is 0 Å². The van der Waals surface area contributed by atoms with Crippen molar-refractivity contribution in [2.45, 2.75) is 13.3 Å². The zero-order valence-electron chi connectivity index (χ0n) is 14.9. The fraction of sp³-hybridized carbons (Fsp3) is 0.211. The van der Waals surface area contributed by atoms with Crippen molar-refractivity contribution < 1.29 is 19.1 Å². The third-order valence-electron chi connectivity index (χ3n) is 3.25. The van der Waals surface area contributed by atoms with Gasteiger partial charge < -0.3 is 9.47 Å². The van der Waals surface area contributed by atoms with Gasteiger partial charge in [0, 0.05) is 5.56 Å². The van der Waals surface area contributed by atoms with Crippen molar-refractivity contribution in [2.75, 3.05) is 13.2 Å². The van der Waals surface area contributed by atoms with Crippen molar-refractivity contribution in [2.24, 2.45) is 0 Å². The van der Waals surface area contributed by atoms with Gasteiger partial charge in [0.25, 0.3) is 11.8 Å². The van der Waals surface area contributed by atoms with Gasteiger partial charge >= 0.3 is 0 Å². The lowest BCUT2D eigenvalue weighted by molar-refractivity contribution is -0.123. The molecule has 2 rings (SSSR count). The van der Waals surface area contributed by atoms with E-state index < -0.39 is 11.8 Å². The molecule has 0 aliphatic rings. The van der Waals surface area contributed by atoms with E-state index in [0.717, 1.165) is 6.42 Å². The summed E-state index contributed by atoms with van der Waals surface area (Å²) in [6.45, 7) is 2.45. The Morgan fingerprint density at radius 1 is 0.926 bits per heavy atom. The number of ether oxygens (including phenoxy) is 2. The van der Waals surface area contributed by atoms with Crippen molar-refractivity contribution in [3.8, 4) is 11.5 Å². The molecule has 2 aromatic rings. The minimum Gasteiger partial charge on any atom is -0.494 e. The average molecular weight is 387 g/mol. The SMILES string of the molecule is CCCOc1ccc(C(=O)NC(=S)NNC(=O)COc2ccccc2)cc1. The molecule has 3 N–H and O–H groups in total. The summed E-state index contributed by atoms with van der Waals surface area (Å²) < 4.78 is 10.8. The summed E-state index contributed by atoms with van der Waals surface area (Å²) in [6, 6.07) is 15.6. The first-order valence-corrected chi connectivity index (χ1v) is 8.80. The zero-order valence-corrected chi connectivity index (χ0v) is 15.7. The fourth-order valence-electron chi connectivity index (χ4n) is 1.96. The third kappa shape index (κ3) is 7.33. The van der Waals surface area contributed by atoms with Gasteiger partial charge in [-0.05, 0) is 55.0 Å². The van der Waals surface area contributed by atoms with Crippen molar-refractivity contribution >= 4 is 29.1 Å². The summed E-state index contributed by atoms with van der Waals surface area (Å²) in [4.78, 5) is 23.8. The monoisotopic (exact) mass is 387 g/mol. The van der Waals surface area contributed by atoms with Gasteiger partial charge in [0.15, 0.2) is 11.7 Å². The molecule has 0 saturated carbocycles. The standard InChI is InChI=1S/C19H21N3O4S/c1-2-12-25-16-10-8-14(9-11-16)18(24)20-19(27)22-21-17(23)13-26-15-6-4-3-5-7-15/h3-11H,2,12-13H2,1H3,(H,21,23)(H2,20,22,24,27). The Morgan fingerprint density at radius 3 is 2.26 bits per heavy atom. The number of carbonyl (C=O) groups is 2. The van der Waals surface area contributed by atoms with Crippen LogP contribution in [0.15, 0.2) is 54.6 Å². The van der Waals surface area contributed by atoms with E-state index in [9.17, 15) is 9.59 Å². The third-order valence-corrected chi connectivity index (χ3v) is 3.45. The minimum absolute atomic E-state index is 0.0284. The van der Waals surface area contributed by atoms with Crippen LogP contribution in [0.4, 0.5) is 0 Å². The quantitative estimate of drug-likeness (QED) is 0.499. The Bertz CT molecular complexity index is 766. The predicted octanol–water partition coefficient (Wildman–Crippen LogP) is 2.19. The highest BCUT2D eigenvalue weighted by molar-refractivity contribution is 7.80. The molecule has 0 atom stereocenters. The lowest BCUT2D eigenvalue weighted by Gasteiger charge is -2.11. The molecule has 2 amide bonds. The number of rotatable bonds is 7. The predicted molar refractivity (Wildman–Crippen MR) is 106 cm³/mol. The van der Waals surface area contributed by atoms with E-state index in [-0.39, 0.29) is 11.7 Å². The molecule has 2 aromatic carbocycles. The summed E-state index contributed by atoms with van der Waals surface area (Å²) >= 11 is 4.99. The Balaban J connectivity index is 1.71. The number of amides is 2. The molecule has 0 aliphatic carbocycles. The van der Waals surface area contributed by atoms with E-state index in [0.29, 0.717) is 23.7 Å². The molecule has 0 spiro atoms. The second kappa shape index (κ2) is 10.8. The second-order valence-electron chi connectivity index (χ2n) is 5.43. The van der Waals surface area contributed by atoms with E-state index in [1.807, 2.05) is 13.0 Å². The maximum atomic E-state index is 12.1. The summed E-state index contributed by atoms with van der Waals surface area (Å²) in [5.74, 6) is 0.437. The number of para-hydroxylation sites is 1. The molecule has 0 bridgehead atoms. The Labute approximate surface area is 163 Å². The molecule has 0 heterocycles.